The van der Waals surface area contributed by atoms with Gasteiger partial charge in [-0.05, 0) is 73.0 Å². The second-order valence-electron chi connectivity index (χ2n) is 10.2. The van der Waals surface area contributed by atoms with Crippen LogP contribution in [0.15, 0.2) is 0 Å². The van der Waals surface area contributed by atoms with Gasteiger partial charge in [0.15, 0.2) is 0 Å². The molecule has 0 aromatic rings. The number of hydrogen-bond acceptors (Lipinski definition) is 0. The Labute approximate surface area is 161 Å². The van der Waals surface area contributed by atoms with Gasteiger partial charge in [-0.25, -0.2) is 0 Å². The third-order valence-corrected chi connectivity index (χ3v) is 8.18. The normalized spacial score (nSPS) is 37.9. The van der Waals surface area contributed by atoms with E-state index < -0.39 is 0 Å². The predicted octanol–water partition coefficient (Wildman–Crippen LogP) is 7.79. The molecule has 0 saturated heterocycles. The van der Waals surface area contributed by atoms with Gasteiger partial charge in [-0.1, -0.05) is 67.0 Å². The van der Waals surface area contributed by atoms with Gasteiger partial charge in [-0.3, -0.25) is 0 Å². The van der Waals surface area contributed by atoms with Gasteiger partial charge in [0.2, 0.25) is 5.54 Å². The molecule has 2 heteroatoms. The van der Waals surface area contributed by atoms with Crippen LogP contribution in [0.5, 0.6) is 0 Å². The van der Waals surface area contributed by atoms with E-state index in [0.717, 1.165) is 52.9 Å². The molecule has 0 aromatic carbocycles. The summed E-state index contributed by atoms with van der Waals surface area (Å²) in [7, 11) is 0. The summed E-state index contributed by atoms with van der Waals surface area (Å²) >= 11 is 4.14. The standard InChI is InChI=1S/C22H42BBr/c1-15(2)21-9-7-17(5)11-19(21)13-23(24)14-20-12-18(6)8-10-22(20)16(3)4/h15-22H,7-14H2,1-6H3/t17-,18-,19-,20-,21+,22+/m0/s1. The lowest BCUT2D eigenvalue weighted by Crippen LogP contribution is -2.33. The SMILES string of the molecule is CC(C)[C@H]1CC[C@H](C)C[C@H]1CB(Br)C[C@@H]1C[C@@H](C)CC[C@@H]1C(C)C. The summed E-state index contributed by atoms with van der Waals surface area (Å²) < 4.78 is 0. The highest BCUT2D eigenvalue weighted by Gasteiger charge is 2.36. The van der Waals surface area contributed by atoms with E-state index in [2.05, 4.69) is 57.3 Å². The molecule has 0 radical (unpaired) electrons. The van der Waals surface area contributed by atoms with E-state index >= 15 is 0 Å². The monoisotopic (exact) mass is 396 g/mol. The van der Waals surface area contributed by atoms with E-state index in [1.165, 1.54) is 51.2 Å². The molecule has 0 nitrogen and oxygen atoms in total. The second kappa shape index (κ2) is 9.47. The van der Waals surface area contributed by atoms with E-state index in [0.29, 0.717) is 0 Å². The highest BCUT2D eigenvalue weighted by Crippen LogP contribution is 2.44. The maximum Gasteiger partial charge on any atom is 0.223 e. The first-order valence-corrected chi connectivity index (χ1v) is 11.8. The Morgan fingerprint density at radius 1 is 0.750 bits per heavy atom. The summed E-state index contributed by atoms with van der Waals surface area (Å²) in [6.45, 7) is 14.8. The Balaban J connectivity index is 1.93. The second-order valence-corrected chi connectivity index (χ2v) is 11.5. The van der Waals surface area contributed by atoms with Crippen molar-refractivity contribution in [3.63, 3.8) is 0 Å². The molecule has 2 aliphatic rings. The van der Waals surface area contributed by atoms with Crippen LogP contribution in [0.1, 0.15) is 80.1 Å². The van der Waals surface area contributed by atoms with Gasteiger partial charge in [0, 0.05) is 0 Å². The van der Waals surface area contributed by atoms with Crippen LogP contribution in [-0.4, -0.2) is 5.54 Å². The highest BCUT2D eigenvalue weighted by atomic mass is 79.9. The van der Waals surface area contributed by atoms with Crippen LogP contribution < -0.4 is 0 Å². The van der Waals surface area contributed by atoms with Crippen molar-refractivity contribution < 1.29 is 0 Å². The average molecular weight is 397 g/mol. The Hall–Kier alpha value is 0.545. The van der Waals surface area contributed by atoms with E-state index in [-0.39, 0.29) is 0 Å². The van der Waals surface area contributed by atoms with E-state index in [1.807, 2.05) is 0 Å². The van der Waals surface area contributed by atoms with Gasteiger partial charge in [-0.2, -0.15) is 15.8 Å². The third kappa shape index (κ3) is 5.78. The lowest BCUT2D eigenvalue weighted by molar-refractivity contribution is 0.152. The Kier molecular flexibility index (Phi) is 8.23. The Morgan fingerprint density at radius 3 is 1.46 bits per heavy atom. The zero-order chi connectivity index (χ0) is 17.9. The Bertz CT molecular complexity index is 333. The van der Waals surface area contributed by atoms with E-state index in [9.17, 15) is 0 Å². The number of hydrogen-bond donors (Lipinski definition) is 0. The summed E-state index contributed by atoms with van der Waals surface area (Å²) in [6.07, 6.45) is 11.6. The molecule has 0 N–H and O–H groups in total. The molecular weight excluding hydrogens is 355 g/mol. The molecule has 2 fully saturated rings. The molecule has 2 aliphatic carbocycles. The largest absolute Gasteiger partial charge is 0.223 e. The lowest BCUT2D eigenvalue weighted by Gasteiger charge is -2.40. The van der Waals surface area contributed by atoms with Crippen LogP contribution in [0.3, 0.4) is 0 Å². The maximum absolute atomic E-state index is 4.14. The number of halogens is 1. The van der Waals surface area contributed by atoms with Crippen molar-refractivity contribution in [1.29, 1.82) is 0 Å². The van der Waals surface area contributed by atoms with E-state index in [4.69, 9.17) is 0 Å². The van der Waals surface area contributed by atoms with Crippen LogP contribution in [-0.2, 0) is 0 Å². The van der Waals surface area contributed by atoms with Crippen LogP contribution in [0.25, 0.3) is 0 Å². The first kappa shape index (κ1) is 20.9. The summed E-state index contributed by atoms with van der Waals surface area (Å²) in [5, 5.41) is 0. The minimum atomic E-state index is 0.741. The van der Waals surface area contributed by atoms with Gasteiger partial charge in [-0.15, -0.1) is 0 Å². The fourth-order valence-corrected chi connectivity index (χ4v) is 7.06. The molecule has 140 valence electrons. The van der Waals surface area contributed by atoms with Crippen LogP contribution in [0.4, 0.5) is 0 Å². The van der Waals surface area contributed by atoms with Gasteiger partial charge in [0.25, 0.3) is 0 Å². The van der Waals surface area contributed by atoms with E-state index in [1.54, 1.807) is 0 Å². The molecule has 2 saturated carbocycles. The highest BCUT2D eigenvalue weighted by molar-refractivity contribution is 9.24. The maximum atomic E-state index is 4.14. The molecule has 6 atom stereocenters. The topological polar surface area (TPSA) is 0 Å². The summed E-state index contributed by atoms with van der Waals surface area (Å²) in [5.74, 6) is 7.46. The van der Waals surface area contributed by atoms with Gasteiger partial charge >= 0.3 is 0 Å². The smallest absolute Gasteiger partial charge is 0.157 e. The quantitative estimate of drug-likeness (QED) is 0.401. The zero-order valence-electron chi connectivity index (χ0n) is 17.2. The van der Waals surface area contributed by atoms with Crippen molar-refractivity contribution in [3.05, 3.63) is 0 Å². The van der Waals surface area contributed by atoms with Gasteiger partial charge in [0.05, 0.1) is 0 Å². The summed E-state index contributed by atoms with van der Waals surface area (Å²) in [4.78, 5) is 0. The molecular formula is C22H42BBr. The van der Waals surface area contributed by atoms with Crippen molar-refractivity contribution >= 4 is 21.3 Å². The summed E-state index contributed by atoms with van der Waals surface area (Å²) in [6, 6.07) is 0. The molecule has 0 unspecified atom stereocenters. The molecule has 2 rings (SSSR count). The average Bonchev–Trinajstić information content (AvgIpc) is 2.46. The van der Waals surface area contributed by atoms with Crippen molar-refractivity contribution in [2.75, 3.05) is 0 Å². The van der Waals surface area contributed by atoms with Crippen molar-refractivity contribution in [3.8, 4) is 0 Å². The molecule has 0 spiro atoms. The predicted molar refractivity (Wildman–Crippen MR) is 114 cm³/mol. The molecule has 0 aliphatic heterocycles. The van der Waals surface area contributed by atoms with Gasteiger partial charge in [0.1, 0.15) is 0 Å². The molecule has 0 aromatic heterocycles. The van der Waals surface area contributed by atoms with Crippen molar-refractivity contribution in [2.24, 2.45) is 47.3 Å². The lowest BCUT2D eigenvalue weighted by atomic mass is 9.53. The minimum absolute atomic E-state index is 0.741. The molecule has 0 bridgehead atoms. The van der Waals surface area contributed by atoms with Gasteiger partial charge < -0.3 is 0 Å². The van der Waals surface area contributed by atoms with Crippen LogP contribution in [0.2, 0.25) is 12.6 Å². The summed E-state index contributed by atoms with van der Waals surface area (Å²) in [5.41, 5.74) is 0.741. The molecule has 0 amide bonds. The van der Waals surface area contributed by atoms with Crippen LogP contribution in [0, 0.1) is 47.3 Å². The van der Waals surface area contributed by atoms with Crippen molar-refractivity contribution in [1.82, 2.24) is 0 Å². The Morgan fingerprint density at radius 2 is 1.12 bits per heavy atom. The number of rotatable bonds is 6. The van der Waals surface area contributed by atoms with Crippen LogP contribution >= 0.6 is 15.8 Å². The first-order valence-electron chi connectivity index (χ1n) is 10.9. The third-order valence-electron chi connectivity index (χ3n) is 7.44. The fraction of sp³-hybridized carbons (Fsp3) is 1.00. The fourth-order valence-electron chi connectivity index (χ4n) is 6.09. The minimum Gasteiger partial charge on any atom is -0.157 e. The molecule has 0 heterocycles. The zero-order valence-corrected chi connectivity index (χ0v) is 18.8. The molecule has 24 heavy (non-hydrogen) atoms. The van der Waals surface area contributed by atoms with Crippen molar-refractivity contribution in [2.45, 2.75) is 92.7 Å². The first-order chi connectivity index (χ1) is 11.3.